The molecule has 26 heavy (non-hydrogen) atoms. The molecule has 1 aromatic heterocycles. The number of hydrogen-bond donors (Lipinski definition) is 1. The molecule has 0 aliphatic rings. The van der Waals surface area contributed by atoms with Gasteiger partial charge in [0.25, 0.3) is 5.91 Å². The molecule has 6 heteroatoms. The Morgan fingerprint density at radius 2 is 1.92 bits per heavy atom. The van der Waals surface area contributed by atoms with Crippen LogP contribution in [0.2, 0.25) is 0 Å². The van der Waals surface area contributed by atoms with E-state index in [1.54, 1.807) is 23.1 Å². The Bertz CT molecular complexity index is 912. The number of rotatable bonds is 5. The van der Waals surface area contributed by atoms with Crippen molar-refractivity contribution in [3.8, 4) is 0 Å². The first kappa shape index (κ1) is 17.5. The number of nitrogens with zero attached hydrogens (tertiary/aromatic N) is 3. The summed E-state index contributed by atoms with van der Waals surface area (Å²) in [5.41, 5.74) is 2.83. The predicted molar refractivity (Wildman–Crippen MR) is 100 cm³/mol. The van der Waals surface area contributed by atoms with Gasteiger partial charge >= 0.3 is 0 Å². The second-order valence-electron chi connectivity index (χ2n) is 5.79. The fourth-order valence-electron chi connectivity index (χ4n) is 2.58. The smallest absolute Gasteiger partial charge is 0.277 e. The molecule has 0 atom stereocenters. The molecule has 0 saturated carbocycles. The van der Waals surface area contributed by atoms with Crippen LogP contribution in [0.4, 0.5) is 21.7 Å². The second-order valence-corrected chi connectivity index (χ2v) is 5.79. The molecule has 0 spiro atoms. The molecular weight excluding hydrogens is 331 g/mol. The van der Waals surface area contributed by atoms with Crippen molar-refractivity contribution in [2.45, 2.75) is 13.8 Å². The number of amides is 1. The van der Waals surface area contributed by atoms with Crippen LogP contribution in [0.25, 0.3) is 0 Å². The molecule has 0 aliphatic heterocycles. The molecule has 0 saturated heterocycles. The van der Waals surface area contributed by atoms with Crippen molar-refractivity contribution >= 4 is 23.2 Å². The summed E-state index contributed by atoms with van der Waals surface area (Å²) in [6.07, 6.45) is 1.52. The van der Waals surface area contributed by atoms with Crippen LogP contribution < -0.4 is 10.2 Å². The SMILES string of the molecule is CCN(C(=O)c1ccnc(Nc2ccc(F)cc2)n1)c1cccc(C)c1. The highest BCUT2D eigenvalue weighted by molar-refractivity contribution is 6.04. The zero-order valence-corrected chi connectivity index (χ0v) is 14.6. The van der Waals surface area contributed by atoms with Crippen LogP contribution in [0.1, 0.15) is 23.0 Å². The molecule has 132 valence electrons. The van der Waals surface area contributed by atoms with E-state index in [2.05, 4.69) is 15.3 Å². The van der Waals surface area contributed by atoms with Crippen LogP contribution in [0.5, 0.6) is 0 Å². The molecule has 1 amide bonds. The number of carbonyl (C=O) groups is 1. The van der Waals surface area contributed by atoms with Crippen LogP contribution in [0, 0.1) is 12.7 Å². The zero-order valence-electron chi connectivity index (χ0n) is 14.6. The third-order valence-electron chi connectivity index (χ3n) is 3.85. The van der Waals surface area contributed by atoms with Gasteiger partial charge in [-0.15, -0.1) is 0 Å². The largest absolute Gasteiger partial charge is 0.324 e. The predicted octanol–water partition coefficient (Wildman–Crippen LogP) is 4.33. The van der Waals surface area contributed by atoms with Crippen molar-refractivity contribution in [3.05, 3.63) is 77.9 Å². The van der Waals surface area contributed by atoms with Gasteiger partial charge in [-0.1, -0.05) is 12.1 Å². The topological polar surface area (TPSA) is 58.1 Å². The van der Waals surface area contributed by atoms with Gasteiger partial charge in [-0.2, -0.15) is 0 Å². The van der Waals surface area contributed by atoms with Gasteiger partial charge in [-0.3, -0.25) is 4.79 Å². The van der Waals surface area contributed by atoms with Gasteiger partial charge in [-0.25, -0.2) is 14.4 Å². The number of aromatic nitrogens is 2. The Hall–Kier alpha value is -3.28. The highest BCUT2D eigenvalue weighted by Crippen LogP contribution is 2.19. The van der Waals surface area contributed by atoms with Gasteiger partial charge in [-0.05, 0) is 61.9 Å². The van der Waals surface area contributed by atoms with Crippen LogP contribution in [0.15, 0.2) is 60.8 Å². The van der Waals surface area contributed by atoms with Gasteiger partial charge in [0.1, 0.15) is 11.5 Å². The number of hydrogen-bond acceptors (Lipinski definition) is 4. The van der Waals surface area contributed by atoms with E-state index in [0.717, 1.165) is 11.3 Å². The van der Waals surface area contributed by atoms with E-state index in [1.807, 2.05) is 38.1 Å². The summed E-state index contributed by atoms with van der Waals surface area (Å²) in [6, 6.07) is 15.2. The zero-order chi connectivity index (χ0) is 18.5. The maximum Gasteiger partial charge on any atom is 0.277 e. The van der Waals surface area contributed by atoms with Crippen molar-refractivity contribution < 1.29 is 9.18 Å². The minimum absolute atomic E-state index is 0.206. The molecule has 5 nitrogen and oxygen atoms in total. The Labute approximate surface area is 151 Å². The Morgan fingerprint density at radius 3 is 2.62 bits per heavy atom. The molecule has 1 N–H and O–H groups in total. The summed E-state index contributed by atoms with van der Waals surface area (Å²) in [5, 5.41) is 2.97. The first-order valence-corrected chi connectivity index (χ1v) is 8.31. The average molecular weight is 350 g/mol. The number of carbonyl (C=O) groups excluding carboxylic acids is 1. The standard InChI is InChI=1S/C20H19FN4O/c1-3-25(17-6-4-5-14(2)13-17)19(26)18-11-12-22-20(24-18)23-16-9-7-15(21)8-10-16/h4-13H,3H2,1-2H3,(H,22,23,24). The van der Waals surface area contributed by atoms with Crippen molar-refractivity contribution in [2.24, 2.45) is 0 Å². The Kier molecular flexibility index (Phi) is 5.22. The molecule has 0 aliphatic carbocycles. The van der Waals surface area contributed by atoms with Gasteiger partial charge in [0, 0.05) is 24.1 Å². The van der Waals surface area contributed by atoms with Crippen LogP contribution >= 0.6 is 0 Å². The van der Waals surface area contributed by atoms with Crippen LogP contribution in [-0.4, -0.2) is 22.4 Å². The summed E-state index contributed by atoms with van der Waals surface area (Å²) < 4.78 is 13.0. The molecule has 3 rings (SSSR count). The molecule has 0 unspecified atom stereocenters. The van der Waals surface area contributed by atoms with E-state index < -0.39 is 0 Å². The van der Waals surface area contributed by atoms with E-state index in [4.69, 9.17) is 0 Å². The van der Waals surface area contributed by atoms with Crippen molar-refractivity contribution in [2.75, 3.05) is 16.8 Å². The fourth-order valence-corrected chi connectivity index (χ4v) is 2.58. The second kappa shape index (κ2) is 7.74. The Morgan fingerprint density at radius 1 is 1.15 bits per heavy atom. The first-order valence-electron chi connectivity index (χ1n) is 8.31. The summed E-state index contributed by atoms with van der Waals surface area (Å²) in [7, 11) is 0. The van der Waals surface area contributed by atoms with E-state index in [9.17, 15) is 9.18 Å². The van der Waals surface area contributed by atoms with Crippen molar-refractivity contribution in [3.63, 3.8) is 0 Å². The lowest BCUT2D eigenvalue weighted by molar-refractivity contribution is 0.0983. The average Bonchev–Trinajstić information content (AvgIpc) is 2.64. The number of anilines is 3. The van der Waals surface area contributed by atoms with Crippen molar-refractivity contribution in [1.29, 1.82) is 0 Å². The third kappa shape index (κ3) is 4.03. The minimum atomic E-state index is -0.322. The van der Waals surface area contributed by atoms with Crippen LogP contribution in [-0.2, 0) is 0 Å². The minimum Gasteiger partial charge on any atom is -0.324 e. The molecular formula is C20H19FN4O. The van der Waals surface area contributed by atoms with Gasteiger partial charge in [0.2, 0.25) is 5.95 Å². The summed E-state index contributed by atoms with van der Waals surface area (Å²) >= 11 is 0. The molecule has 1 heterocycles. The van der Waals surface area contributed by atoms with E-state index in [1.165, 1.54) is 18.3 Å². The fraction of sp³-hybridized carbons (Fsp3) is 0.150. The first-order chi connectivity index (χ1) is 12.6. The number of halogens is 1. The number of aryl methyl sites for hydroxylation is 1. The summed E-state index contributed by atoms with van der Waals surface area (Å²) in [5.74, 6) is -0.248. The quantitative estimate of drug-likeness (QED) is 0.744. The lowest BCUT2D eigenvalue weighted by Gasteiger charge is -2.21. The van der Waals surface area contributed by atoms with E-state index in [0.29, 0.717) is 12.2 Å². The molecule has 2 aromatic carbocycles. The highest BCUT2D eigenvalue weighted by Gasteiger charge is 2.18. The maximum atomic E-state index is 13.0. The molecule has 0 bridgehead atoms. The van der Waals surface area contributed by atoms with Gasteiger partial charge < -0.3 is 10.2 Å². The van der Waals surface area contributed by atoms with Gasteiger partial charge in [0.05, 0.1) is 0 Å². The summed E-state index contributed by atoms with van der Waals surface area (Å²) in [6.45, 7) is 4.42. The normalized spacial score (nSPS) is 10.4. The lowest BCUT2D eigenvalue weighted by Crippen LogP contribution is -2.31. The van der Waals surface area contributed by atoms with Crippen molar-refractivity contribution in [1.82, 2.24) is 9.97 Å². The molecule has 0 radical (unpaired) electrons. The number of benzene rings is 2. The number of nitrogens with one attached hydrogen (secondary N) is 1. The highest BCUT2D eigenvalue weighted by atomic mass is 19.1. The molecule has 3 aromatic rings. The monoisotopic (exact) mass is 350 g/mol. The van der Waals surface area contributed by atoms with Gasteiger partial charge in [0.15, 0.2) is 0 Å². The Balaban J connectivity index is 1.84. The lowest BCUT2D eigenvalue weighted by atomic mass is 10.2. The molecule has 0 fully saturated rings. The summed E-state index contributed by atoms with van der Waals surface area (Å²) in [4.78, 5) is 23.0. The third-order valence-corrected chi connectivity index (χ3v) is 3.85. The maximum absolute atomic E-state index is 13.0. The van der Waals surface area contributed by atoms with Crippen LogP contribution in [0.3, 0.4) is 0 Å². The van der Waals surface area contributed by atoms with E-state index >= 15 is 0 Å². The van der Waals surface area contributed by atoms with E-state index in [-0.39, 0.29) is 23.4 Å².